The van der Waals surface area contributed by atoms with Crippen LogP contribution in [0.3, 0.4) is 0 Å². The molecular formula is C14H26N2O2. The molecule has 0 saturated heterocycles. The van der Waals surface area contributed by atoms with Crippen LogP contribution >= 0.6 is 0 Å². The van der Waals surface area contributed by atoms with Gasteiger partial charge in [-0.15, -0.1) is 0 Å². The zero-order valence-corrected chi connectivity index (χ0v) is 11.5. The molecule has 18 heavy (non-hydrogen) atoms. The molecule has 0 spiro atoms. The van der Waals surface area contributed by atoms with E-state index >= 15 is 0 Å². The fourth-order valence-electron chi connectivity index (χ4n) is 2.32. The van der Waals surface area contributed by atoms with E-state index in [9.17, 15) is 9.59 Å². The lowest BCUT2D eigenvalue weighted by Crippen LogP contribution is -2.38. The van der Waals surface area contributed by atoms with Gasteiger partial charge in [-0.3, -0.25) is 9.59 Å². The van der Waals surface area contributed by atoms with Crippen LogP contribution < -0.4 is 10.6 Å². The normalized spacial score (nSPS) is 16.3. The third-order valence-corrected chi connectivity index (χ3v) is 3.48. The highest BCUT2D eigenvalue weighted by molar-refractivity contribution is 5.79. The van der Waals surface area contributed by atoms with Crippen LogP contribution in [0.25, 0.3) is 0 Å². The molecule has 1 fully saturated rings. The lowest BCUT2D eigenvalue weighted by Gasteiger charge is -2.20. The minimum Gasteiger partial charge on any atom is -0.354 e. The van der Waals surface area contributed by atoms with Crippen molar-refractivity contribution in [1.82, 2.24) is 10.6 Å². The highest BCUT2D eigenvalue weighted by Crippen LogP contribution is 2.23. The van der Waals surface area contributed by atoms with Crippen molar-refractivity contribution >= 4 is 11.8 Å². The van der Waals surface area contributed by atoms with Crippen molar-refractivity contribution in [3.8, 4) is 0 Å². The summed E-state index contributed by atoms with van der Waals surface area (Å²) in [4.78, 5) is 23.1. The minimum absolute atomic E-state index is 0.0868. The molecule has 0 atom stereocenters. The number of nitrogens with one attached hydrogen (secondary N) is 2. The maximum atomic E-state index is 11.8. The molecule has 0 radical (unpaired) electrons. The molecule has 0 heterocycles. The molecule has 4 nitrogen and oxygen atoms in total. The molecule has 1 aliphatic rings. The Morgan fingerprint density at radius 2 is 1.72 bits per heavy atom. The number of hydrogen-bond donors (Lipinski definition) is 2. The summed E-state index contributed by atoms with van der Waals surface area (Å²) in [6.45, 7) is 3.16. The molecule has 1 aliphatic carbocycles. The molecule has 0 unspecified atom stereocenters. The fourth-order valence-corrected chi connectivity index (χ4v) is 2.32. The third-order valence-electron chi connectivity index (χ3n) is 3.48. The van der Waals surface area contributed by atoms with Crippen molar-refractivity contribution in [2.24, 2.45) is 5.92 Å². The van der Waals surface area contributed by atoms with E-state index < -0.39 is 0 Å². The Balaban J connectivity index is 2.02. The lowest BCUT2D eigenvalue weighted by molar-refractivity contribution is -0.126. The molecule has 1 rings (SSSR count). The summed E-state index contributed by atoms with van der Waals surface area (Å²) in [6, 6.07) is 0. The molecular weight excluding hydrogens is 228 g/mol. The second-order valence-corrected chi connectivity index (χ2v) is 5.08. The van der Waals surface area contributed by atoms with Crippen LogP contribution in [0.15, 0.2) is 0 Å². The highest BCUT2D eigenvalue weighted by Gasteiger charge is 2.20. The second-order valence-electron chi connectivity index (χ2n) is 5.08. The van der Waals surface area contributed by atoms with Crippen LogP contribution in [0.1, 0.15) is 58.3 Å². The number of carbonyl (C=O) groups is 2. The van der Waals surface area contributed by atoms with E-state index in [4.69, 9.17) is 0 Å². The monoisotopic (exact) mass is 254 g/mol. The van der Waals surface area contributed by atoms with E-state index in [1.54, 1.807) is 0 Å². The van der Waals surface area contributed by atoms with Crippen LogP contribution in [0.4, 0.5) is 0 Å². The van der Waals surface area contributed by atoms with Crippen molar-refractivity contribution in [2.45, 2.75) is 58.3 Å². The lowest BCUT2D eigenvalue weighted by atomic mass is 9.89. The van der Waals surface area contributed by atoms with Gasteiger partial charge >= 0.3 is 0 Å². The minimum atomic E-state index is 0.0868. The topological polar surface area (TPSA) is 58.2 Å². The highest BCUT2D eigenvalue weighted by atomic mass is 16.2. The van der Waals surface area contributed by atoms with Crippen LogP contribution in [0, 0.1) is 5.92 Å². The molecule has 104 valence electrons. The third kappa shape index (κ3) is 6.03. The summed E-state index contributed by atoms with van der Waals surface area (Å²) in [5.74, 6) is 0.454. The van der Waals surface area contributed by atoms with Gasteiger partial charge < -0.3 is 10.6 Å². The van der Waals surface area contributed by atoms with Gasteiger partial charge in [0.25, 0.3) is 0 Å². The first-order valence-corrected chi connectivity index (χ1v) is 7.28. The SMILES string of the molecule is CCCCC(=O)NCCNC(=O)C1CCCCC1. The molecule has 0 aromatic heterocycles. The summed E-state index contributed by atoms with van der Waals surface area (Å²) in [5, 5.41) is 5.73. The summed E-state index contributed by atoms with van der Waals surface area (Å²) in [5.41, 5.74) is 0. The number of amides is 2. The standard InChI is InChI=1S/C14H26N2O2/c1-2-3-9-13(17)15-10-11-16-14(18)12-7-5-4-6-8-12/h12H,2-11H2,1H3,(H,15,17)(H,16,18). The first kappa shape index (κ1) is 15.0. The predicted molar refractivity (Wildman–Crippen MR) is 72.1 cm³/mol. The van der Waals surface area contributed by atoms with Crippen molar-refractivity contribution in [3.05, 3.63) is 0 Å². The van der Waals surface area contributed by atoms with Gasteiger partial charge in [0.15, 0.2) is 0 Å². The molecule has 2 amide bonds. The average Bonchev–Trinajstić information content (AvgIpc) is 2.42. The molecule has 4 heteroatoms. The Labute approximate surface area is 110 Å². The zero-order valence-electron chi connectivity index (χ0n) is 11.5. The fraction of sp³-hybridized carbons (Fsp3) is 0.857. The first-order valence-electron chi connectivity index (χ1n) is 7.28. The van der Waals surface area contributed by atoms with E-state index in [1.165, 1.54) is 19.3 Å². The Morgan fingerprint density at radius 1 is 1.06 bits per heavy atom. The zero-order chi connectivity index (χ0) is 13.2. The van der Waals surface area contributed by atoms with Gasteiger partial charge in [0.05, 0.1) is 0 Å². The van der Waals surface area contributed by atoms with E-state index in [-0.39, 0.29) is 17.7 Å². The van der Waals surface area contributed by atoms with Gasteiger partial charge in [-0.25, -0.2) is 0 Å². The summed E-state index contributed by atoms with van der Waals surface area (Å²) in [7, 11) is 0. The molecule has 0 aromatic carbocycles. The van der Waals surface area contributed by atoms with Gasteiger partial charge in [0, 0.05) is 25.4 Å². The number of rotatable bonds is 7. The molecule has 0 bridgehead atoms. The van der Waals surface area contributed by atoms with Crippen LogP contribution in [-0.2, 0) is 9.59 Å². The molecule has 1 saturated carbocycles. The Kier molecular flexibility index (Phi) is 7.46. The van der Waals surface area contributed by atoms with E-state index in [1.807, 2.05) is 0 Å². The van der Waals surface area contributed by atoms with Gasteiger partial charge in [0.1, 0.15) is 0 Å². The largest absolute Gasteiger partial charge is 0.354 e. The van der Waals surface area contributed by atoms with Crippen LogP contribution in [0.5, 0.6) is 0 Å². The van der Waals surface area contributed by atoms with E-state index in [0.29, 0.717) is 19.5 Å². The first-order chi connectivity index (χ1) is 8.74. The summed E-state index contributed by atoms with van der Waals surface area (Å²) in [6.07, 6.45) is 8.21. The Bertz CT molecular complexity index is 261. The second kappa shape index (κ2) is 8.95. The Hall–Kier alpha value is -1.06. The smallest absolute Gasteiger partial charge is 0.223 e. The van der Waals surface area contributed by atoms with Crippen molar-refractivity contribution in [2.75, 3.05) is 13.1 Å². The number of hydrogen-bond acceptors (Lipinski definition) is 2. The van der Waals surface area contributed by atoms with Gasteiger partial charge in [0.2, 0.25) is 11.8 Å². The average molecular weight is 254 g/mol. The predicted octanol–water partition coefficient (Wildman–Crippen LogP) is 1.99. The van der Waals surface area contributed by atoms with E-state index in [2.05, 4.69) is 17.6 Å². The van der Waals surface area contributed by atoms with Gasteiger partial charge in [-0.1, -0.05) is 32.6 Å². The Morgan fingerprint density at radius 3 is 2.39 bits per heavy atom. The van der Waals surface area contributed by atoms with E-state index in [0.717, 1.165) is 25.7 Å². The molecule has 2 N–H and O–H groups in total. The number of carbonyl (C=O) groups excluding carboxylic acids is 2. The van der Waals surface area contributed by atoms with Crippen molar-refractivity contribution in [1.29, 1.82) is 0 Å². The molecule has 0 aromatic rings. The summed E-state index contributed by atoms with van der Waals surface area (Å²) < 4.78 is 0. The van der Waals surface area contributed by atoms with Crippen molar-refractivity contribution in [3.63, 3.8) is 0 Å². The van der Waals surface area contributed by atoms with Gasteiger partial charge in [-0.2, -0.15) is 0 Å². The maximum absolute atomic E-state index is 11.8. The summed E-state index contributed by atoms with van der Waals surface area (Å²) >= 11 is 0. The van der Waals surface area contributed by atoms with Gasteiger partial charge in [-0.05, 0) is 19.3 Å². The van der Waals surface area contributed by atoms with Crippen LogP contribution in [0.2, 0.25) is 0 Å². The quantitative estimate of drug-likeness (QED) is 0.683. The number of unbranched alkanes of at least 4 members (excludes halogenated alkanes) is 1. The van der Waals surface area contributed by atoms with Crippen LogP contribution in [-0.4, -0.2) is 24.9 Å². The molecule has 0 aliphatic heterocycles. The maximum Gasteiger partial charge on any atom is 0.223 e. The van der Waals surface area contributed by atoms with Crippen molar-refractivity contribution < 1.29 is 9.59 Å².